The fraction of sp³-hybridized carbons (Fsp3) is 0.417. The number of methoxy groups -OCH3 is 1. The van der Waals surface area contributed by atoms with E-state index in [0.717, 1.165) is 11.1 Å². The molecule has 0 radical (unpaired) electrons. The highest BCUT2D eigenvalue weighted by molar-refractivity contribution is 5.78. The largest absolute Gasteiger partial charge is 0.383 e. The monoisotopic (exact) mass is 222 g/mol. The maximum Gasteiger partial charge on any atom is 0.224 e. The quantitative estimate of drug-likeness (QED) is 0.687. The van der Waals surface area contributed by atoms with Gasteiger partial charge in [-0.05, 0) is 11.1 Å². The van der Waals surface area contributed by atoms with Gasteiger partial charge in [-0.3, -0.25) is 4.79 Å². The molecule has 1 aromatic rings. The van der Waals surface area contributed by atoms with E-state index in [-0.39, 0.29) is 5.91 Å². The van der Waals surface area contributed by atoms with Gasteiger partial charge in [-0.25, -0.2) is 0 Å². The Kier molecular flexibility index (Phi) is 5.53. The molecule has 4 heteroatoms. The van der Waals surface area contributed by atoms with Gasteiger partial charge in [0.15, 0.2) is 0 Å². The molecule has 0 aliphatic heterocycles. The number of hydrogen-bond acceptors (Lipinski definition) is 3. The van der Waals surface area contributed by atoms with Crippen LogP contribution in [0.5, 0.6) is 0 Å². The van der Waals surface area contributed by atoms with E-state index in [2.05, 4.69) is 5.32 Å². The third-order valence-electron chi connectivity index (χ3n) is 2.25. The zero-order valence-electron chi connectivity index (χ0n) is 9.53. The number of benzene rings is 1. The molecule has 0 aromatic heterocycles. The Morgan fingerprint density at radius 3 is 2.50 bits per heavy atom. The minimum atomic E-state index is 0.0116. The second-order valence-electron chi connectivity index (χ2n) is 3.54. The number of nitrogens with one attached hydrogen (secondary N) is 1. The third-order valence-corrected chi connectivity index (χ3v) is 2.25. The first-order valence-corrected chi connectivity index (χ1v) is 5.29. The second kappa shape index (κ2) is 6.98. The van der Waals surface area contributed by atoms with E-state index in [0.29, 0.717) is 26.1 Å². The summed E-state index contributed by atoms with van der Waals surface area (Å²) in [4.78, 5) is 11.5. The van der Waals surface area contributed by atoms with Gasteiger partial charge in [0.1, 0.15) is 0 Å². The standard InChI is InChI=1S/C12H18N2O2/c1-16-7-6-14-12(15)8-10-2-4-11(9-13)5-3-10/h2-5H,6-9,13H2,1H3,(H,14,15). The summed E-state index contributed by atoms with van der Waals surface area (Å²) in [7, 11) is 1.61. The summed E-state index contributed by atoms with van der Waals surface area (Å²) in [6.07, 6.45) is 0.397. The summed E-state index contributed by atoms with van der Waals surface area (Å²) in [6, 6.07) is 7.74. The van der Waals surface area contributed by atoms with Crippen molar-refractivity contribution >= 4 is 5.91 Å². The zero-order chi connectivity index (χ0) is 11.8. The lowest BCUT2D eigenvalue weighted by atomic mass is 10.1. The molecule has 4 nitrogen and oxygen atoms in total. The Hall–Kier alpha value is -1.39. The van der Waals surface area contributed by atoms with Gasteiger partial charge in [-0.1, -0.05) is 24.3 Å². The molecule has 0 bridgehead atoms. The number of carbonyl (C=O) groups excluding carboxylic acids is 1. The fourth-order valence-corrected chi connectivity index (χ4v) is 1.33. The van der Waals surface area contributed by atoms with Crippen molar-refractivity contribution in [3.05, 3.63) is 35.4 Å². The SMILES string of the molecule is COCCNC(=O)Cc1ccc(CN)cc1. The van der Waals surface area contributed by atoms with Crippen LogP contribution in [-0.4, -0.2) is 26.2 Å². The lowest BCUT2D eigenvalue weighted by Gasteiger charge is -2.05. The van der Waals surface area contributed by atoms with Crippen molar-refractivity contribution in [2.45, 2.75) is 13.0 Å². The summed E-state index contributed by atoms with van der Waals surface area (Å²) in [5, 5.41) is 2.77. The van der Waals surface area contributed by atoms with Crippen molar-refractivity contribution in [1.82, 2.24) is 5.32 Å². The molecule has 0 heterocycles. The van der Waals surface area contributed by atoms with E-state index in [4.69, 9.17) is 10.5 Å². The van der Waals surface area contributed by atoms with Crippen molar-refractivity contribution in [2.24, 2.45) is 5.73 Å². The maximum absolute atomic E-state index is 11.5. The van der Waals surface area contributed by atoms with Crippen LogP contribution in [0.3, 0.4) is 0 Å². The van der Waals surface area contributed by atoms with E-state index in [1.807, 2.05) is 24.3 Å². The molecule has 0 saturated carbocycles. The van der Waals surface area contributed by atoms with Crippen molar-refractivity contribution in [2.75, 3.05) is 20.3 Å². The van der Waals surface area contributed by atoms with Crippen LogP contribution >= 0.6 is 0 Å². The van der Waals surface area contributed by atoms with Gasteiger partial charge in [0, 0.05) is 20.2 Å². The molecule has 0 aliphatic rings. The molecular formula is C12H18N2O2. The van der Waals surface area contributed by atoms with Crippen LogP contribution in [0.25, 0.3) is 0 Å². The number of ether oxygens (including phenoxy) is 1. The molecule has 3 N–H and O–H groups in total. The van der Waals surface area contributed by atoms with Gasteiger partial charge in [0.25, 0.3) is 0 Å². The highest BCUT2D eigenvalue weighted by atomic mass is 16.5. The molecule has 0 fully saturated rings. The minimum Gasteiger partial charge on any atom is -0.383 e. The van der Waals surface area contributed by atoms with E-state index < -0.39 is 0 Å². The van der Waals surface area contributed by atoms with Gasteiger partial charge in [0.2, 0.25) is 5.91 Å². The predicted octanol–water partition coefficient (Wildman–Crippen LogP) is 0.450. The van der Waals surface area contributed by atoms with E-state index in [1.54, 1.807) is 7.11 Å². The number of nitrogens with two attached hydrogens (primary N) is 1. The Morgan fingerprint density at radius 1 is 1.31 bits per heavy atom. The Morgan fingerprint density at radius 2 is 1.94 bits per heavy atom. The van der Waals surface area contributed by atoms with Gasteiger partial charge < -0.3 is 15.8 Å². The Bertz CT molecular complexity index is 322. The summed E-state index contributed by atoms with van der Waals surface area (Å²) >= 11 is 0. The van der Waals surface area contributed by atoms with Crippen LogP contribution in [0.4, 0.5) is 0 Å². The number of hydrogen-bond donors (Lipinski definition) is 2. The van der Waals surface area contributed by atoms with Crippen molar-refractivity contribution in [3.8, 4) is 0 Å². The molecule has 0 atom stereocenters. The van der Waals surface area contributed by atoms with Crippen LogP contribution in [0.15, 0.2) is 24.3 Å². The van der Waals surface area contributed by atoms with Gasteiger partial charge in [-0.15, -0.1) is 0 Å². The zero-order valence-corrected chi connectivity index (χ0v) is 9.53. The first kappa shape index (κ1) is 12.7. The Labute approximate surface area is 95.8 Å². The third kappa shape index (κ3) is 4.42. The second-order valence-corrected chi connectivity index (χ2v) is 3.54. The summed E-state index contributed by atoms with van der Waals surface area (Å²) < 4.78 is 4.84. The van der Waals surface area contributed by atoms with Crippen LogP contribution in [0.2, 0.25) is 0 Å². The fourth-order valence-electron chi connectivity index (χ4n) is 1.33. The molecule has 1 amide bonds. The molecule has 1 rings (SSSR count). The first-order chi connectivity index (χ1) is 7.76. The number of amides is 1. The molecule has 0 saturated heterocycles. The van der Waals surface area contributed by atoms with E-state index in [9.17, 15) is 4.79 Å². The van der Waals surface area contributed by atoms with Crippen molar-refractivity contribution in [1.29, 1.82) is 0 Å². The smallest absolute Gasteiger partial charge is 0.224 e. The molecule has 0 aliphatic carbocycles. The van der Waals surface area contributed by atoms with Gasteiger partial charge in [0.05, 0.1) is 13.0 Å². The first-order valence-electron chi connectivity index (χ1n) is 5.29. The van der Waals surface area contributed by atoms with Crippen molar-refractivity contribution < 1.29 is 9.53 Å². The molecule has 88 valence electrons. The maximum atomic E-state index is 11.5. The molecular weight excluding hydrogens is 204 g/mol. The topological polar surface area (TPSA) is 64.3 Å². The lowest BCUT2D eigenvalue weighted by molar-refractivity contribution is -0.120. The predicted molar refractivity (Wildman–Crippen MR) is 62.9 cm³/mol. The molecule has 1 aromatic carbocycles. The average molecular weight is 222 g/mol. The molecule has 0 spiro atoms. The summed E-state index contributed by atoms with van der Waals surface area (Å²) in [5.74, 6) is 0.0116. The summed E-state index contributed by atoms with van der Waals surface area (Å²) in [5.41, 5.74) is 7.55. The van der Waals surface area contributed by atoms with Gasteiger partial charge in [-0.2, -0.15) is 0 Å². The van der Waals surface area contributed by atoms with E-state index in [1.165, 1.54) is 0 Å². The highest BCUT2D eigenvalue weighted by Crippen LogP contribution is 2.04. The minimum absolute atomic E-state index is 0.0116. The number of rotatable bonds is 6. The molecule has 16 heavy (non-hydrogen) atoms. The lowest BCUT2D eigenvalue weighted by Crippen LogP contribution is -2.28. The summed E-state index contributed by atoms with van der Waals surface area (Å²) in [6.45, 7) is 1.62. The van der Waals surface area contributed by atoms with Crippen LogP contribution < -0.4 is 11.1 Å². The number of carbonyl (C=O) groups is 1. The van der Waals surface area contributed by atoms with Crippen molar-refractivity contribution in [3.63, 3.8) is 0 Å². The average Bonchev–Trinajstić information content (AvgIpc) is 2.30. The van der Waals surface area contributed by atoms with E-state index >= 15 is 0 Å². The normalized spacial score (nSPS) is 10.1. The van der Waals surface area contributed by atoms with Gasteiger partial charge >= 0.3 is 0 Å². The highest BCUT2D eigenvalue weighted by Gasteiger charge is 2.02. The Balaban J connectivity index is 2.37. The van der Waals surface area contributed by atoms with Crippen LogP contribution in [-0.2, 0) is 22.5 Å². The van der Waals surface area contributed by atoms with Crippen LogP contribution in [0.1, 0.15) is 11.1 Å². The van der Waals surface area contributed by atoms with Crippen LogP contribution in [0, 0.1) is 0 Å². The molecule has 0 unspecified atom stereocenters.